The van der Waals surface area contributed by atoms with Gasteiger partial charge in [0.2, 0.25) is 0 Å². The summed E-state index contributed by atoms with van der Waals surface area (Å²) in [5.74, 6) is 0. The molecule has 0 aromatic carbocycles. The summed E-state index contributed by atoms with van der Waals surface area (Å²) in [6, 6.07) is 2.02. The first-order valence-corrected chi connectivity index (χ1v) is 5.64. The highest BCUT2D eigenvalue weighted by Gasteiger charge is 2.36. The predicted octanol–water partition coefficient (Wildman–Crippen LogP) is 1.84. The minimum atomic E-state index is 0.401. The predicted molar refractivity (Wildman–Crippen MR) is 60.4 cm³/mol. The Labute approximate surface area is 91.2 Å². The van der Waals surface area contributed by atoms with E-state index in [9.17, 15) is 0 Å². The molecule has 1 saturated carbocycles. The lowest BCUT2D eigenvalue weighted by atomic mass is 9.68. The third-order valence-electron chi connectivity index (χ3n) is 3.49. The molecule has 1 aliphatic rings. The lowest BCUT2D eigenvalue weighted by Gasteiger charge is -2.43. The molecule has 0 unspecified atom stereocenters. The summed E-state index contributed by atoms with van der Waals surface area (Å²) < 4.78 is 5.06. The van der Waals surface area contributed by atoms with Crippen LogP contribution in [0.5, 0.6) is 0 Å². The standard InChI is InChI=1S/C12H20N2O/c1-14(7-11-3-6-15-8-11)10-12(9-13)4-2-5-12/h3,6,8H,2,4-5,7,9-10,13H2,1H3. The molecule has 1 fully saturated rings. The van der Waals surface area contributed by atoms with Crippen molar-refractivity contribution in [3.8, 4) is 0 Å². The van der Waals surface area contributed by atoms with E-state index in [1.165, 1.54) is 24.8 Å². The smallest absolute Gasteiger partial charge is 0.0947 e. The van der Waals surface area contributed by atoms with E-state index in [0.717, 1.165) is 19.6 Å². The Morgan fingerprint density at radius 2 is 2.33 bits per heavy atom. The van der Waals surface area contributed by atoms with Gasteiger partial charge >= 0.3 is 0 Å². The first kappa shape index (κ1) is 10.7. The topological polar surface area (TPSA) is 42.4 Å². The second-order valence-electron chi connectivity index (χ2n) is 4.86. The number of nitrogens with two attached hydrogens (primary N) is 1. The molecular formula is C12H20N2O. The van der Waals surface area contributed by atoms with Crippen LogP contribution in [0.2, 0.25) is 0 Å². The molecule has 1 aromatic heterocycles. The molecule has 1 aromatic rings. The van der Waals surface area contributed by atoms with E-state index >= 15 is 0 Å². The molecule has 0 aliphatic heterocycles. The number of nitrogens with zero attached hydrogens (tertiary/aromatic N) is 1. The maximum absolute atomic E-state index is 5.85. The summed E-state index contributed by atoms with van der Waals surface area (Å²) in [6.45, 7) is 2.88. The van der Waals surface area contributed by atoms with Gasteiger partial charge in [-0.15, -0.1) is 0 Å². The minimum absolute atomic E-state index is 0.401. The van der Waals surface area contributed by atoms with Crippen molar-refractivity contribution in [2.24, 2.45) is 11.1 Å². The number of rotatable bonds is 5. The molecule has 1 aliphatic carbocycles. The average molecular weight is 208 g/mol. The van der Waals surface area contributed by atoms with Crippen LogP contribution in [0.3, 0.4) is 0 Å². The van der Waals surface area contributed by atoms with Crippen LogP contribution in [-0.4, -0.2) is 25.0 Å². The highest BCUT2D eigenvalue weighted by Crippen LogP contribution is 2.40. The van der Waals surface area contributed by atoms with E-state index in [1.807, 2.05) is 12.3 Å². The van der Waals surface area contributed by atoms with Crippen LogP contribution in [0.4, 0.5) is 0 Å². The third kappa shape index (κ3) is 2.41. The fraction of sp³-hybridized carbons (Fsp3) is 0.667. The fourth-order valence-electron chi connectivity index (χ4n) is 2.43. The van der Waals surface area contributed by atoms with Gasteiger partial charge in [0.05, 0.1) is 12.5 Å². The summed E-state index contributed by atoms with van der Waals surface area (Å²) in [6.07, 6.45) is 7.47. The van der Waals surface area contributed by atoms with Crippen LogP contribution in [0, 0.1) is 5.41 Å². The monoisotopic (exact) mass is 208 g/mol. The molecule has 84 valence electrons. The quantitative estimate of drug-likeness (QED) is 0.803. The Balaban J connectivity index is 1.84. The summed E-state index contributed by atoms with van der Waals surface area (Å²) >= 11 is 0. The Bertz CT molecular complexity index is 285. The van der Waals surface area contributed by atoms with E-state index in [0.29, 0.717) is 5.41 Å². The summed E-state index contributed by atoms with van der Waals surface area (Å²) in [5, 5.41) is 0. The van der Waals surface area contributed by atoms with Gasteiger partial charge in [-0.25, -0.2) is 0 Å². The van der Waals surface area contributed by atoms with Crippen molar-refractivity contribution < 1.29 is 4.42 Å². The maximum atomic E-state index is 5.85. The van der Waals surface area contributed by atoms with Gasteiger partial charge in [-0.05, 0) is 37.9 Å². The fourth-order valence-corrected chi connectivity index (χ4v) is 2.43. The minimum Gasteiger partial charge on any atom is -0.472 e. The van der Waals surface area contributed by atoms with Gasteiger partial charge in [-0.2, -0.15) is 0 Å². The van der Waals surface area contributed by atoms with Gasteiger partial charge in [0.1, 0.15) is 0 Å². The van der Waals surface area contributed by atoms with Crippen molar-refractivity contribution in [3.05, 3.63) is 24.2 Å². The Morgan fingerprint density at radius 3 is 2.80 bits per heavy atom. The summed E-state index contributed by atoms with van der Waals surface area (Å²) in [4.78, 5) is 2.34. The zero-order valence-electron chi connectivity index (χ0n) is 9.41. The molecule has 3 nitrogen and oxygen atoms in total. The highest BCUT2D eigenvalue weighted by atomic mass is 16.3. The largest absolute Gasteiger partial charge is 0.472 e. The van der Waals surface area contributed by atoms with Crippen LogP contribution < -0.4 is 5.73 Å². The number of hydrogen-bond donors (Lipinski definition) is 1. The maximum Gasteiger partial charge on any atom is 0.0947 e. The molecule has 0 bridgehead atoms. The molecule has 2 rings (SSSR count). The van der Waals surface area contributed by atoms with E-state index < -0.39 is 0 Å². The van der Waals surface area contributed by atoms with Gasteiger partial charge in [-0.3, -0.25) is 0 Å². The highest BCUT2D eigenvalue weighted by molar-refractivity contribution is 5.05. The Morgan fingerprint density at radius 1 is 1.53 bits per heavy atom. The lowest BCUT2D eigenvalue weighted by molar-refractivity contribution is 0.0844. The van der Waals surface area contributed by atoms with Gasteiger partial charge in [0, 0.05) is 18.7 Å². The molecule has 1 heterocycles. The van der Waals surface area contributed by atoms with E-state index in [2.05, 4.69) is 11.9 Å². The van der Waals surface area contributed by atoms with E-state index in [4.69, 9.17) is 10.2 Å². The van der Waals surface area contributed by atoms with Gasteiger partial charge in [0.15, 0.2) is 0 Å². The Hall–Kier alpha value is -0.800. The van der Waals surface area contributed by atoms with Crippen molar-refractivity contribution >= 4 is 0 Å². The molecule has 0 spiro atoms. The summed E-state index contributed by atoms with van der Waals surface area (Å²) in [5.41, 5.74) is 7.49. The normalized spacial score (nSPS) is 19.1. The van der Waals surface area contributed by atoms with Crippen molar-refractivity contribution in [2.45, 2.75) is 25.8 Å². The molecule has 0 radical (unpaired) electrons. The van der Waals surface area contributed by atoms with Gasteiger partial charge in [0.25, 0.3) is 0 Å². The van der Waals surface area contributed by atoms with Gasteiger partial charge < -0.3 is 15.1 Å². The third-order valence-corrected chi connectivity index (χ3v) is 3.49. The zero-order valence-corrected chi connectivity index (χ0v) is 9.41. The van der Waals surface area contributed by atoms with Crippen molar-refractivity contribution in [3.63, 3.8) is 0 Å². The molecule has 0 amide bonds. The SMILES string of the molecule is CN(Cc1ccoc1)CC1(CN)CCC1. The van der Waals surface area contributed by atoms with E-state index in [1.54, 1.807) is 6.26 Å². The first-order valence-electron chi connectivity index (χ1n) is 5.64. The molecule has 2 N–H and O–H groups in total. The van der Waals surface area contributed by atoms with Crippen LogP contribution >= 0.6 is 0 Å². The molecular weight excluding hydrogens is 188 g/mol. The summed E-state index contributed by atoms with van der Waals surface area (Å²) in [7, 11) is 2.16. The van der Waals surface area contributed by atoms with Crippen molar-refractivity contribution in [1.29, 1.82) is 0 Å². The van der Waals surface area contributed by atoms with E-state index in [-0.39, 0.29) is 0 Å². The molecule has 3 heteroatoms. The van der Waals surface area contributed by atoms with Crippen LogP contribution in [0.1, 0.15) is 24.8 Å². The molecule has 0 atom stereocenters. The second-order valence-corrected chi connectivity index (χ2v) is 4.86. The lowest BCUT2D eigenvalue weighted by Crippen LogP contribution is -2.45. The van der Waals surface area contributed by atoms with Crippen molar-refractivity contribution in [2.75, 3.05) is 20.1 Å². The number of hydrogen-bond acceptors (Lipinski definition) is 3. The average Bonchev–Trinajstić information content (AvgIpc) is 2.64. The van der Waals surface area contributed by atoms with Crippen molar-refractivity contribution in [1.82, 2.24) is 4.90 Å². The van der Waals surface area contributed by atoms with Crippen LogP contribution in [-0.2, 0) is 6.54 Å². The van der Waals surface area contributed by atoms with Crippen LogP contribution in [0.15, 0.2) is 23.0 Å². The van der Waals surface area contributed by atoms with Crippen LogP contribution in [0.25, 0.3) is 0 Å². The molecule has 15 heavy (non-hydrogen) atoms. The molecule has 0 saturated heterocycles. The number of furan rings is 1. The zero-order chi connectivity index (χ0) is 10.7. The first-order chi connectivity index (χ1) is 7.24. The second kappa shape index (κ2) is 4.37. The Kier molecular flexibility index (Phi) is 3.12. The van der Waals surface area contributed by atoms with Gasteiger partial charge in [-0.1, -0.05) is 6.42 Å².